The van der Waals surface area contributed by atoms with E-state index in [4.69, 9.17) is 0 Å². The van der Waals surface area contributed by atoms with Crippen LogP contribution in [0, 0.1) is 24.3 Å². The van der Waals surface area contributed by atoms with E-state index in [0.29, 0.717) is 0 Å². The van der Waals surface area contributed by atoms with Gasteiger partial charge in [0.05, 0.1) is 0 Å². The molecule has 4 radical (unpaired) electrons. The van der Waals surface area contributed by atoms with Crippen molar-refractivity contribution in [1.82, 2.24) is 9.13 Å². The van der Waals surface area contributed by atoms with Crippen molar-refractivity contribution in [2.75, 3.05) is 0 Å². The Morgan fingerprint density at radius 2 is 0.875 bits per heavy atom. The third-order valence-corrected chi connectivity index (χ3v) is 9.75. The van der Waals surface area contributed by atoms with Crippen LogP contribution in [-0.4, -0.2) is 9.13 Å². The fourth-order valence-electron chi connectivity index (χ4n) is 7.35. The SMILES string of the molecule is [Y].[Y].[Y].[Y].[c-]1ccccc1-c1[c-]c2c3ccccc3n(Cc3ccccc3)c2cc1.[c-]1ccccc1-c1[c-]ccc2c1c1ccccc1n2Cc1ccccc1. The van der Waals surface area contributed by atoms with Crippen LogP contribution in [0.3, 0.4) is 0 Å². The molecule has 0 unspecified atom stereocenters. The number of hydrogen-bond donors (Lipinski definition) is 0. The molecule has 0 aliphatic carbocycles. The summed E-state index contributed by atoms with van der Waals surface area (Å²) in [7, 11) is 0. The van der Waals surface area contributed by atoms with E-state index in [0.717, 1.165) is 35.3 Å². The molecule has 2 aromatic heterocycles. The number of aromatic nitrogens is 2. The van der Waals surface area contributed by atoms with Crippen molar-refractivity contribution >= 4 is 43.6 Å². The molecule has 10 aromatic rings. The van der Waals surface area contributed by atoms with Crippen molar-refractivity contribution in [1.29, 1.82) is 0 Å². The predicted molar refractivity (Wildman–Crippen MR) is 216 cm³/mol. The maximum atomic E-state index is 3.64. The topological polar surface area (TPSA) is 9.86 Å². The molecular weight excluding hydrogens is 984 g/mol. The van der Waals surface area contributed by atoms with Gasteiger partial charge in [-0.2, -0.15) is 78.4 Å². The summed E-state index contributed by atoms with van der Waals surface area (Å²) >= 11 is 0. The Morgan fingerprint density at radius 3 is 1.48 bits per heavy atom. The third kappa shape index (κ3) is 9.46. The van der Waals surface area contributed by atoms with E-state index in [-0.39, 0.29) is 131 Å². The minimum atomic E-state index is 0. The van der Waals surface area contributed by atoms with E-state index in [1.165, 1.54) is 54.7 Å². The van der Waals surface area contributed by atoms with Crippen LogP contribution < -0.4 is 0 Å². The van der Waals surface area contributed by atoms with Gasteiger partial charge >= 0.3 is 0 Å². The number of para-hydroxylation sites is 2. The first-order valence-electron chi connectivity index (χ1n) is 17.7. The zero-order valence-electron chi connectivity index (χ0n) is 30.9. The quantitative estimate of drug-likeness (QED) is 0.147. The summed E-state index contributed by atoms with van der Waals surface area (Å²) in [5.41, 5.74) is 11.9. The molecule has 0 bridgehead atoms. The molecule has 0 amide bonds. The molecule has 8 aromatic carbocycles. The van der Waals surface area contributed by atoms with Gasteiger partial charge in [-0.25, -0.2) is 16.7 Å². The molecule has 2 heterocycles. The van der Waals surface area contributed by atoms with E-state index < -0.39 is 0 Å². The van der Waals surface area contributed by atoms with Gasteiger partial charge in [-0.15, -0.1) is 35.0 Å². The summed E-state index contributed by atoms with van der Waals surface area (Å²) in [6.45, 7) is 1.71. The standard InChI is InChI=1S/2C25H17N.4Y/c1-3-10-19(11-4-1)18-26-23-16-8-7-14-22(23)25-21(15-9-17-24(25)26)20-12-5-2-6-13-20;1-3-9-19(10-4-1)18-26-24-14-8-7-13-22(24)23-17-21(15-16-25(23)26)20-11-5-2-6-12-20;;;;/h1-12,14,16-17H,18H2;1-11,13-16H,18H2;;;;/q2*-2;;;;. The first-order valence-corrected chi connectivity index (χ1v) is 17.7. The van der Waals surface area contributed by atoms with Gasteiger partial charge in [0.25, 0.3) is 0 Å². The van der Waals surface area contributed by atoms with Gasteiger partial charge in [-0.05, 0) is 39.7 Å². The van der Waals surface area contributed by atoms with Gasteiger partial charge in [0, 0.05) is 155 Å². The third-order valence-electron chi connectivity index (χ3n) is 9.75. The zero-order valence-corrected chi connectivity index (χ0v) is 42.3. The van der Waals surface area contributed by atoms with Gasteiger partial charge in [-0.1, -0.05) is 102 Å². The molecule has 0 saturated carbocycles. The molecule has 0 spiro atoms. The zero-order chi connectivity index (χ0) is 34.7. The van der Waals surface area contributed by atoms with E-state index in [1.54, 1.807) is 0 Å². The van der Waals surface area contributed by atoms with Crippen LogP contribution in [0.1, 0.15) is 11.1 Å². The molecular formula is C50H34N2Y4-4. The summed E-state index contributed by atoms with van der Waals surface area (Å²) in [6.07, 6.45) is 0. The molecule has 56 heavy (non-hydrogen) atoms. The molecule has 10 rings (SSSR count). The Balaban J connectivity index is 0.000000200. The van der Waals surface area contributed by atoms with Gasteiger partial charge in [0.1, 0.15) is 0 Å². The molecule has 0 N–H and O–H groups in total. The summed E-state index contributed by atoms with van der Waals surface area (Å²) in [6, 6.07) is 77.0. The average Bonchev–Trinajstić information content (AvgIpc) is 3.71. The number of benzene rings is 8. The number of fused-ring (bicyclic) bond motifs is 6. The molecule has 260 valence electrons. The summed E-state index contributed by atoms with van der Waals surface area (Å²) in [5, 5.41) is 4.94. The van der Waals surface area contributed by atoms with Gasteiger partial charge in [0.2, 0.25) is 0 Å². The predicted octanol–water partition coefficient (Wildman–Crippen LogP) is 12.2. The molecule has 0 aliphatic rings. The maximum Gasteiger partial charge on any atom is 0.0464 e. The van der Waals surface area contributed by atoms with Crippen molar-refractivity contribution in [3.05, 3.63) is 217 Å². The van der Waals surface area contributed by atoms with Crippen LogP contribution in [0.25, 0.3) is 65.9 Å². The van der Waals surface area contributed by atoms with Crippen LogP contribution in [0.5, 0.6) is 0 Å². The van der Waals surface area contributed by atoms with Crippen LogP contribution in [0.4, 0.5) is 0 Å². The van der Waals surface area contributed by atoms with Gasteiger partial charge < -0.3 is 9.13 Å². The first kappa shape index (κ1) is 44.9. The fourth-order valence-corrected chi connectivity index (χ4v) is 7.35. The minimum absolute atomic E-state index is 0. The molecule has 0 atom stereocenters. The fraction of sp³-hybridized carbons (Fsp3) is 0.0400. The average molecular weight is 1020 g/mol. The van der Waals surface area contributed by atoms with Crippen LogP contribution in [0.2, 0.25) is 0 Å². The molecule has 0 aliphatic heterocycles. The Hall–Kier alpha value is -2.22. The number of rotatable bonds is 6. The van der Waals surface area contributed by atoms with Crippen molar-refractivity contribution in [3.8, 4) is 22.3 Å². The van der Waals surface area contributed by atoms with E-state index >= 15 is 0 Å². The molecule has 0 fully saturated rings. The van der Waals surface area contributed by atoms with Crippen LogP contribution in [0.15, 0.2) is 182 Å². The van der Waals surface area contributed by atoms with Crippen LogP contribution >= 0.6 is 0 Å². The smallest absolute Gasteiger partial charge is 0.0464 e. The second kappa shape index (κ2) is 21.2. The van der Waals surface area contributed by atoms with Gasteiger partial charge in [-0.3, -0.25) is 0 Å². The Labute approximate surface area is 430 Å². The molecule has 0 saturated heterocycles. The van der Waals surface area contributed by atoms with E-state index in [9.17, 15) is 0 Å². The Morgan fingerprint density at radius 1 is 0.357 bits per heavy atom. The Kier molecular flexibility index (Phi) is 17.0. The second-order valence-corrected chi connectivity index (χ2v) is 13.0. The molecule has 2 nitrogen and oxygen atoms in total. The van der Waals surface area contributed by atoms with Crippen LogP contribution in [-0.2, 0) is 144 Å². The second-order valence-electron chi connectivity index (χ2n) is 13.0. The molecule has 6 heteroatoms. The summed E-state index contributed by atoms with van der Waals surface area (Å²) in [5.74, 6) is 0. The Bertz CT molecular complexity index is 2780. The van der Waals surface area contributed by atoms with Crippen molar-refractivity contribution < 1.29 is 131 Å². The minimum Gasteiger partial charge on any atom is -0.375 e. The normalized spacial score (nSPS) is 10.4. The summed E-state index contributed by atoms with van der Waals surface area (Å²) in [4.78, 5) is 0. The number of nitrogens with zero attached hydrogens (tertiary/aromatic N) is 2. The van der Waals surface area contributed by atoms with Crippen molar-refractivity contribution in [3.63, 3.8) is 0 Å². The van der Waals surface area contributed by atoms with Gasteiger partial charge in [0.15, 0.2) is 0 Å². The van der Waals surface area contributed by atoms with E-state index in [1.807, 2.05) is 36.4 Å². The summed E-state index contributed by atoms with van der Waals surface area (Å²) < 4.78 is 4.79. The monoisotopic (exact) mass is 1020 g/mol. The first-order chi connectivity index (χ1) is 25.8. The largest absolute Gasteiger partial charge is 0.375 e. The number of hydrogen-bond acceptors (Lipinski definition) is 0. The van der Waals surface area contributed by atoms with Crippen molar-refractivity contribution in [2.24, 2.45) is 0 Å². The van der Waals surface area contributed by atoms with E-state index in [2.05, 4.69) is 179 Å². The maximum absolute atomic E-state index is 3.64. The van der Waals surface area contributed by atoms with Crippen molar-refractivity contribution in [2.45, 2.75) is 13.1 Å².